The largest absolute Gasteiger partial charge is 0.495 e. The van der Waals surface area contributed by atoms with Crippen molar-refractivity contribution in [3.63, 3.8) is 0 Å². The molecule has 1 atom stereocenters. The monoisotopic (exact) mass is 329 g/mol. The van der Waals surface area contributed by atoms with E-state index in [-0.39, 0.29) is 6.03 Å². The van der Waals surface area contributed by atoms with Crippen LogP contribution >= 0.6 is 0 Å². The summed E-state index contributed by atoms with van der Waals surface area (Å²) >= 11 is 0. The van der Waals surface area contributed by atoms with Gasteiger partial charge in [0.2, 0.25) is 0 Å². The molecule has 1 saturated heterocycles. The fraction of sp³-hybridized carbons (Fsp3) is 0.412. The second-order valence-corrected chi connectivity index (χ2v) is 5.96. The van der Waals surface area contributed by atoms with Crippen molar-refractivity contribution in [1.82, 2.24) is 20.2 Å². The Labute approximate surface area is 141 Å². The van der Waals surface area contributed by atoms with Crippen molar-refractivity contribution >= 4 is 11.7 Å². The van der Waals surface area contributed by atoms with Gasteiger partial charge in [-0.2, -0.15) is 0 Å². The quantitative estimate of drug-likeness (QED) is 0.758. The number of para-hydroxylation sites is 2. The molecule has 1 aromatic carbocycles. The number of urea groups is 1. The molecule has 7 heteroatoms. The highest BCUT2D eigenvalue weighted by atomic mass is 16.5. The third-order valence-electron chi connectivity index (χ3n) is 4.20. The van der Waals surface area contributed by atoms with E-state index in [4.69, 9.17) is 4.74 Å². The molecule has 0 unspecified atom stereocenters. The number of carbonyl (C=O) groups is 1. The summed E-state index contributed by atoms with van der Waals surface area (Å²) in [6.45, 7) is 3.49. The zero-order chi connectivity index (χ0) is 16.8. The van der Waals surface area contributed by atoms with Crippen molar-refractivity contribution < 1.29 is 9.53 Å². The number of ether oxygens (including phenoxy) is 1. The molecule has 24 heavy (non-hydrogen) atoms. The van der Waals surface area contributed by atoms with Crippen molar-refractivity contribution in [3.05, 3.63) is 42.5 Å². The molecule has 1 aliphatic rings. The van der Waals surface area contributed by atoms with Gasteiger partial charge in [0.15, 0.2) is 0 Å². The Hall–Kier alpha value is -2.54. The number of likely N-dealkylation sites (tertiary alicyclic amines) is 1. The number of anilines is 1. The number of imidazole rings is 1. The molecule has 1 aromatic heterocycles. The number of hydrogen-bond acceptors (Lipinski definition) is 4. The fourth-order valence-corrected chi connectivity index (χ4v) is 2.97. The van der Waals surface area contributed by atoms with Crippen LogP contribution in [0.25, 0.3) is 0 Å². The second-order valence-electron chi connectivity index (χ2n) is 5.96. The summed E-state index contributed by atoms with van der Waals surface area (Å²) in [6.07, 6.45) is 4.69. The average molecular weight is 329 g/mol. The smallest absolute Gasteiger partial charge is 0.319 e. The predicted molar refractivity (Wildman–Crippen MR) is 92.0 cm³/mol. The fourth-order valence-electron chi connectivity index (χ4n) is 2.97. The molecule has 0 spiro atoms. The highest BCUT2D eigenvalue weighted by Crippen LogP contribution is 2.23. The number of rotatable bonds is 6. The average Bonchev–Trinajstić information content (AvgIpc) is 3.26. The maximum absolute atomic E-state index is 12.1. The van der Waals surface area contributed by atoms with E-state index in [1.165, 1.54) is 0 Å². The molecule has 1 fully saturated rings. The Balaban J connectivity index is 1.42. The Morgan fingerprint density at radius 3 is 3.12 bits per heavy atom. The van der Waals surface area contributed by atoms with Crippen molar-refractivity contribution in [2.75, 3.05) is 32.1 Å². The molecular formula is C17H23N5O2. The first-order chi connectivity index (χ1) is 11.7. The maximum Gasteiger partial charge on any atom is 0.319 e. The van der Waals surface area contributed by atoms with Gasteiger partial charge >= 0.3 is 6.03 Å². The Morgan fingerprint density at radius 1 is 1.46 bits per heavy atom. The van der Waals surface area contributed by atoms with Crippen LogP contribution in [0.3, 0.4) is 0 Å². The summed E-state index contributed by atoms with van der Waals surface area (Å²) < 4.78 is 5.23. The first kappa shape index (κ1) is 16.3. The van der Waals surface area contributed by atoms with Gasteiger partial charge in [0, 0.05) is 25.5 Å². The molecule has 2 heterocycles. The van der Waals surface area contributed by atoms with E-state index in [0.29, 0.717) is 23.9 Å². The van der Waals surface area contributed by atoms with Gasteiger partial charge in [-0.1, -0.05) is 12.1 Å². The van der Waals surface area contributed by atoms with E-state index >= 15 is 0 Å². The first-order valence-electron chi connectivity index (χ1n) is 8.13. The SMILES string of the molecule is COc1ccccc1NC(=O)NC[C@H]1CCN(Cc2ncc[nH]2)C1. The number of hydrogen-bond donors (Lipinski definition) is 3. The summed E-state index contributed by atoms with van der Waals surface area (Å²) in [6, 6.07) is 7.16. The number of aromatic amines is 1. The number of H-pyrrole nitrogens is 1. The highest BCUT2D eigenvalue weighted by Gasteiger charge is 2.23. The predicted octanol–water partition coefficient (Wildman–Crippen LogP) is 2.06. The standard InChI is InChI=1S/C17H23N5O2/c1-24-15-5-3-2-4-14(15)21-17(23)20-10-13-6-9-22(11-13)12-16-18-7-8-19-16/h2-5,7-8,13H,6,9-12H2,1H3,(H,18,19)(H2,20,21,23)/t13-/m1/s1. The summed E-state index contributed by atoms with van der Waals surface area (Å²) in [4.78, 5) is 21.8. The van der Waals surface area contributed by atoms with Crippen molar-refractivity contribution in [2.24, 2.45) is 5.92 Å². The lowest BCUT2D eigenvalue weighted by molar-refractivity contribution is 0.249. The van der Waals surface area contributed by atoms with Crippen LogP contribution in [-0.4, -0.2) is 47.6 Å². The third kappa shape index (κ3) is 4.26. The zero-order valence-corrected chi connectivity index (χ0v) is 13.8. The minimum atomic E-state index is -0.205. The number of carbonyl (C=O) groups excluding carboxylic acids is 1. The van der Waals surface area contributed by atoms with Crippen molar-refractivity contribution in [3.8, 4) is 5.75 Å². The van der Waals surface area contributed by atoms with E-state index in [0.717, 1.165) is 31.9 Å². The number of aromatic nitrogens is 2. The molecule has 3 N–H and O–H groups in total. The van der Waals surface area contributed by atoms with Gasteiger partial charge in [-0.15, -0.1) is 0 Å². The van der Waals surface area contributed by atoms with E-state index < -0.39 is 0 Å². The summed E-state index contributed by atoms with van der Waals surface area (Å²) in [7, 11) is 1.59. The van der Waals surface area contributed by atoms with Crippen LogP contribution in [0.15, 0.2) is 36.7 Å². The highest BCUT2D eigenvalue weighted by molar-refractivity contribution is 5.90. The molecule has 0 saturated carbocycles. The molecule has 2 aromatic rings. The minimum Gasteiger partial charge on any atom is -0.495 e. The molecule has 128 valence electrons. The number of amides is 2. The molecule has 0 bridgehead atoms. The maximum atomic E-state index is 12.1. The van der Waals surface area contributed by atoms with Gasteiger partial charge < -0.3 is 20.4 Å². The molecular weight excluding hydrogens is 306 g/mol. The van der Waals surface area contributed by atoms with E-state index in [2.05, 4.69) is 25.5 Å². The van der Waals surface area contributed by atoms with E-state index in [9.17, 15) is 4.79 Å². The Kier molecular flexibility index (Phi) is 5.32. The van der Waals surface area contributed by atoms with E-state index in [1.807, 2.05) is 30.5 Å². The van der Waals surface area contributed by atoms with Crippen LogP contribution in [0, 0.1) is 5.92 Å². The zero-order valence-electron chi connectivity index (χ0n) is 13.8. The molecule has 7 nitrogen and oxygen atoms in total. The number of nitrogens with zero attached hydrogens (tertiary/aromatic N) is 2. The molecule has 0 aliphatic carbocycles. The lowest BCUT2D eigenvalue weighted by atomic mass is 10.1. The van der Waals surface area contributed by atoms with Crippen LogP contribution in [-0.2, 0) is 6.54 Å². The van der Waals surface area contributed by atoms with Crippen LogP contribution < -0.4 is 15.4 Å². The van der Waals surface area contributed by atoms with Crippen LogP contribution in [0.2, 0.25) is 0 Å². The number of methoxy groups -OCH3 is 1. The van der Waals surface area contributed by atoms with Crippen LogP contribution in [0.1, 0.15) is 12.2 Å². The number of nitrogens with one attached hydrogen (secondary N) is 3. The minimum absolute atomic E-state index is 0.205. The van der Waals surface area contributed by atoms with Gasteiger partial charge in [-0.3, -0.25) is 4.90 Å². The molecule has 0 radical (unpaired) electrons. The Morgan fingerprint density at radius 2 is 2.33 bits per heavy atom. The van der Waals surface area contributed by atoms with Gasteiger partial charge in [0.25, 0.3) is 0 Å². The summed E-state index contributed by atoms with van der Waals surface area (Å²) in [5, 5.41) is 5.78. The normalized spacial score (nSPS) is 17.6. The second kappa shape index (κ2) is 7.83. The van der Waals surface area contributed by atoms with Crippen molar-refractivity contribution in [1.29, 1.82) is 0 Å². The third-order valence-corrected chi connectivity index (χ3v) is 4.20. The van der Waals surface area contributed by atoms with Crippen LogP contribution in [0.5, 0.6) is 5.75 Å². The molecule has 2 amide bonds. The van der Waals surface area contributed by atoms with Crippen molar-refractivity contribution in [2.45, 2.75) is 13.0 Å². The summed E-state index contributed by atoms with van der Waals surface area (Å²) in [5.74, 6) is 2.10. The Bertz CT molecular complexity index is 659. The molecule has 1 aliphatic heterocycles. The molecule has 3 rings (SSSR count). The first-order valence-corrected chi connectivity index (χ1v) is 8.13. The number of benzene rings is 1. The van der Waals surface area contributed by atoms with Gasteiger partial charge in [0.05, 0.1) is 19.3 Å². The van der Waals surface area contributed by atoms with Gasteiger partial charge in [0.1, 0.15) is 11.6 Å². The summed E-state index contributed by atoms with van der Waals surface area (Å²) in [5.41, 5.74) is 0.670. The van der Waals surface area contributed by atoms with E-state index in [1.54, 1.807) is 13.3 Å². The van der Waals surface area contributed by atoms with Gasteiger partial charge in [-0.05, 0) is 31.0 Å². The topological polar surface area (TPSA) is 82.3 Å². The van der Waals surface area contributed by atoms with Crippen LogP contribution in [0.4, 0.5) is 10.5 Å². The lowest BCUT2D eigenvalue weighted by Crippen LogP contribution is -2.34. The van der Waals surface area contributed by atoms with Gasteiger partial charge in [-0.25, -0.2) is 9.78 Å². The lowest BCUT2D eigenvalue weighted by Gasteiger charge is -2.15.